The molecule has 212 valence electrons. The molecule has 1 aromatic heterocycles. The van der Waals surface area contributed by atoms with Gasteiger partial charge in [0.1, 0.15) is 17.6 Å². The molecule has 41 heavy (non-hydrogen) atoms. The van der Waals surface area contributed by atoms with Gasteiger partial charge in [-0.3, -0.25) is 14.5 Å². The maximum atomic E-state index is 15.4. The molecule has 2 aliphatic rings. The highest BCUT2D eigenvalue weighted by molar-refractivity contribution is 7.10. The van der Waals surface area contributed by atoms with E-state index in [0.29, 0.717) is 16.3 Å². The predicted molar refractivity (Wildman–Crippen MR) is 155 cm³/mol. The number of anilines is 1. The topological polar surface area (TPSA) is 98.9 Å². The summed E-state index contributed by atoms with van der Waals surface area (Å²) in [5.41, 5.74) is 7.91. The lowest BCUT2D eigenvalue weighted by atomic mass is 9.68. The summed E-state index contributed by atoms with van der Waals surface area (Å²) in [7, 11) is 0. The molecule has 3 unspecified atom stereocenters. The molecule has 2 N–H and O–H groups in total. The molecular formula is C31H28ClFN2O5S. The Labute approximate surface area is 246 Å². The third kappa shape index (κ3) is 5.15. The fourth-order valence-electron chi connectivity index (χ4n) is 5.61. The number of esters is 2. The second-order valence-electron chi connectivity index (χ2n) is 9.57. The second-order valence-corrected chi connectivity index (χ2v) is 11.0. The van der Waals surface area contributed by atoms with Gasteiger partial charge in [0.2, 0.25) is 0 Å². The molecule has 2 heterocycles. The molecule has 0 fully saturated rings. The number of thiophene rings is 1. The number of nitrogens with zero attached hydrogens (tertiary/aromatic N) is 1. The zero-order chi connectivity index (χ0) is 29.3. The molecule has 10 heteroatoms. The van der Waals surface area contributed by atoms with E-state index in [-0.39, 0.29) is 42.3 Å². The van der Waals surface area contributed by atoms with Gasteiger partial charge in [0.15, 0.2) is 5.78 Å². The van der Waals surface area contributed by atoms with E-state index < -0.39 is 41.3 Å². The first-order valence-electron chi connectivity index (χ1n) is 13.2. The number of carbonyl (C=O) groups is 3. The molecule has 0 saturated heterocycles. The van der Waals surface area contributed by atoms with Crippen molar-refractivity contribution in [3.63, 3.8) is 0 Å². The van der Waals surface area contributed by atoms with Crippen LogP contribution in [0.25, 0.3) is 0 Å². The van der Waals surface area contributed by atoms with Gasteiger partial charge in [-0.2, -0.15) is 0 Å². The molecule has 0 spiro atoms. The van der Waals surface area contributed by atoms with Crippen molar-refractivity contribution in [2.45, 2.75) is 32.1 Å². The predicted octanol–water partition coefficient (Wildman–Crippen LogP) is 6.07. The number of nitrogens with two attached hydrogens (primary N) is 1. The van der Waals surface area contributed by atoms with Crippen molar-refractivity contribution < 1.29 is 28.2 Å². The molecule has 1 aliphatic carbocycles. The summed E-state index contributed by atoms with van der Waals surface area (Å²) in [6, 6.07) is 16.4. The van der Waals surface area contributed by atoms with Crippen LogP contribution < -0.4 is 10.6 Å². The van der Waals surface area contributed by atoms with Crippen LogP contribution >= 0.6 is 22.9 Å². The molecule has 0 bridgehead atoms. The van der Waals surface area contributed by atoms with E-state index in [4.69, 9.17) is 26.8 Å². The first-order valence-corrected chi connectivity index (χ1v) is 14.5. The van der Waals surface area contributed by atoms with Crippen LogP contribution in [0.3, 0.4) is 0 Å². The van der Waals surface area contributed by atoms with Gasteiger partial charge in [0, 0.05) is 27.1 Å². The van der Waals surface area contributed by atoms with Gasteiger partial charge in [-0.25, -0.2) is 9.18 Å². The quantitative estimate of drug-likeness (QED) is 0.262. The summed E-state index contributed by atoms with van der Waals surface area (Å²) >= 11 is 7.59. The van der Waals surface area contributed by atoms with Gasteiger partial charge < -0.3 is 15.2 Å². The van der Waals surface area contributed by atoms with Crippen molar-refractivity contribution in [1.82, 2.24) is 0 Å². The lowest BCUT2D eigenvalue weighted by molar-refractivity contribution is -0.152. The monoisotopic (exact) mass is 594 g/mol. The Balaban J connectivity index is 1.82. The number of allylic oxidation sites excluding steroid dienone is 2. The fourth-order valence-corrected chi connectivity index (χ4v) is 6.60. The number of para-hydroxylation sites is 1. The van der Waals surface area contributed by atoms with Crippen LogP contribution in [0.1, 0.15) is 42.5 Å². The number of ketones is 1. The van der Waals surface area contributed by atoms with Crippen LogP contribution in [-0.2, 0) is 23.9 Å². The number of rotatable bonds is 7. The lowest BCUT2D eigenvalue weighted by Crippen LogP contribution is -2.46. The summed E-state index contributed by atoms with van der Waals surface area (Å²) < 4.78 is 26.2. The van der Waals surface area contributed by atoms with E-state index in [9.17, 15) is 14.4 Å². The Kier molecular flexibility index (Phi) is 8.28. The van der Waals surface area contributed by atoms with Crippen molar-refractivity contribution in [2.75, 3.05) is 18.1 Å². The van der Waals surface area contributed by atoms with Crippen molar-refractivity contribution in [3.8, 4) is 0 Å². The zero-order valence-corrected chi connectivity index (χ0v) is 24.0. The largest absolute Gasteiger partial charge is 0.465 e. The number of hydrogen-bond donors (Lipinski definition) is 1. The van der Waals surface area contributed by atoms with Gasteiger partial charge in [-0.1, -0.05) is 41.9 Å². The minimum absolute atomic E-state index is 0.0262. The van der Waals surface area contributed by atoms with Crippen molar-refractivity contribution in [1.29, 1.82) is 0 Å². The minimum Gasteiger partial charge on any atom is -0.465 e. The summed E-state index contributed by atoms with van der Waals surface area (Å²) in [6.45, 7) is 3.47. The Bertz CT molecular complexity index is 1550. The third-order valence-corrected chi connectivity index (χ3v) is 8.54. The van der Waals surface area contributed by atoms with Crippen molar-refractivity contribution in [2.24, 2.45) is 11.7 Å². The average molecular weight is 595 g/mol. The minimum atomic E-state index is -1.17. The normalized spacial score (nSPS) is 20.6. The summed E-state index contributed by atoms with van der Waals surface area (Å²) in [4.78, 5) is 43.8. The van der Waals surface area contributed by atoms with Gasteiger partial charge in [-0.15, -0.1) is 11.3 Å². The molecular weight excluding hydrogens is 567 g/mol. The van der Waals surface area contributed by atoms with Gasteiger partial charge in [0.05, 0.1) is 30.4 Å². The van der Waals surface area contributed by atoms with E-state index in [1.165, 1.54) is 34.4 Å². The van der Waals surface area contributed by atoms with Gasteiger partial charge in [0.25, 0.3) is 0 Å². The highest BCUT2D eigenvalue weighted by Gasteiger charge is 2.51. The molecule has 0 amide bonds. The molecule has 7 nitrogen and oxygen atoms in total. The molecule has 3 aromatic rings. The van der Waals surface area contributed by atoms with E-state index in [0.717, 1.165) is 4.88 Å². The maximum Gasteiger partial charge on any atom is 0.338 e. The van der Waals surface area contributed by atoms with E-state index in [2.05, 4.69) is 0 Å². The Hall–Kier alpha value is -3.95. The van der Waals surface area contributed by atoms with Gasteiger partial charge >= 0.3 is 11.9 Å². The first kappa shape index (κ1) is 28.6. The van der Waals surface area contributed by atoms with Crippen LogP contribution in [0.2, 0.25) is 5.02 Å². The SMILES string of the molecule is CCOC(=O)C1=C(N)N(c2ccccc2F)C2=C(C(=O)C(C(=O)OCC)C(c3cccs3)C2)C1c1ccc(Cl)cc1. The Morgan fingerprint density at radius 2 is 1.76 bits per heavy atom. The smallest absolute Gasteiger partial charge is 0.338 e. The zero-order valence-electron chi connectivity index (χ0n) is 22.4. The van der Waals surface area contributed by atoms with Crippen LogP contribution in [0, 0.1) is 11.7 Å². The van der Waals surface area contributed by atoms with Crippen LogP contribution in [0.4, 0.5) is 10.1 Å². The third-order valence-electron chi connectivity index (χ3n) is 7.28. The van der Waals surface area contributed by atoms with Crippen molar-refractivity contribution >= 4 is 46.3 Å². The maximum absolute atomic E-state index is 15.4. The molecule has 5 rings (SSSR count). The molecule has 0 radical (unpaired) electrons. The van der Waals surface area contributed by atoms with E-state index >= 15 is 4.39 Å². The molecule has 3 atom stereocenters. The lowest BCUT2D eigenvalue weighted by Gasteiger charge is -2.43. The molecule has 2 aromatic carbocycles. The highest BCUT2D eigenvalue weighted by atomic mass is 35.5. The summed E-state index contributed by atoms with van der Waals surface area (Å²) in [5, 5.41) is 2.32. The van der Waals surface area contributed by atoms with Crippen LogP contribution in [0.5, 0.6) is 0 Å². The number of carbonyl (C=O) groups excluding carboxylic acids is 3. The highest BCUT2D eigenvalue weighted by Crippen LogP contribution is 2.52. The second kappa shape index (κ2) is 11.9. The molecule has 0 saturated carbocycles. The Morgan fingerprint density at radius 1 is 1.05 bits per heavy atom. The fraction of sp³-hybridized carbons (Fsp3) is 0.258. The van der Waals surface area contributed by atoms with Crippen molar-refractivity contribution in [3.05, 3.63) is 110 Å². The number of Topliss-reactive ketones (excluding diaryl/α,β-unsaturated/α-hetero) is 1. The Morgan fingerprint density at radius 3 is 2.39 bits per heavy atom. The van der Waals surface area contributed by atoms with Crippen LogP contribution in [-0.4, -0.2) is 30.9 Å². The number of halogens is 2. The summed E-state index contributed by atoms with van der Waals surface area (Å²) in [6.07, 6.45) is 0.167. The van der Waals surface area contributed by atoms with Gasteiger partial charge in [-0.05, 0) is 61.5 Å². The van der Waals surface area contributed by atoms with Crippen LogP contribution in [0.15, 0.2) is 88.7 Å². The number of hydrogen-bond acceptors (Lipinski definition) is 8. The number of benzene rings is 2. The molecule has 1 aliphatic heterocycles. The van der Waals surface area contributed by atoms with E-state index in [1.54, 1.807) is 44.2 Å². The summed E-state index contributed by atoms with van der Waals surface area (Å²) in [5.74, 6) is -5.32. The average Bonchev–Trinajstić information content (AvgIpc) is 3.49. The standard InChI is InChI=1S/C31H28ClFN2O5S/c1-3-39-30(37)25-19(23-10-7-15-41-23)16-22-26(28(25)36)24(17-11-13-18(32)14-12-17)27(31(38)40-4-2)29(34)35(22)21-9-6-5-8-20(21)33/h5-15,19,24-25H,3-4,16,34H2,1-2H3. The number of ether oxygens (including phenoxy) is 2. The van der Waals surface area contributed by atoms with E-state index in [1.807, 2.05) is 17.5 Å². The first-order chi connectivity index (χ1) is 19.8.